The first-order valence-corrected chi connectivity index (χ1v) is 5.80. The van der Waals surface area contributed by atoms with Crippen molar-refractivity contribution in [2.75, 3.05) is 13.2 Å². The summed E-state index contributed by atoms with van der Waals surface area (Å²) in [4.78, 5) is 11.8. The zero-order valence-corrected chi connectivity index (χ0v) is 10.1. The second-order valence-electron chi connectivity index (χ2n) is 3.63. The lowest BCUT2D eigenvalue weighted by Crippen LogP contribution is -2.35. The zero-order valence-electron chi connectivity index (χ0n) is 8.50. The van der Waals surface area contributed by atoms with E-state index in [1.807, 2.05) is 0 Å². The molecule has 0 radical (unpaired) electrons. The second kappa shape index (κ2) is 4.93. The Labute approximate surface area is 101 Å². The molecule has 1 aliphatic heterocycles. The van der Waals surface area contributed by atoms with E-state index in [4.69, 9.17) is 4.74 Å². The first-order valence-electron chi connectivity index (χ1n) is 5.01. The van der Waals surface area contributed by atoms with Crippen LogP contribution >= 0.6 is 15.9 Å². The fraction of sp³-hybridized carbons (Fsp3) is 0.364. The number of halogens is 2. The minimum Gasteiger partial charge on any atom is -0.379 e. The maximum absolute atomic E-state index is 13.5. The van der Waals surface area contributed by atoms with Crippen molar-refractivity contribution in [3.8, 4) is 0 Å². The standard InChI is InChI=1S/C11H11BrFNO2/c12-8-2-1-3-9(13)10(8)11(15)14-7-4-5-16-6-7/h1-3,7H,4-6H2,(H,14,15). The number of hydrogen-bond donors (Lipinski definition) is 1. The molecule has 0 bridgehead atoms. The molecular formula is C11H11BrFNO2. The van der Waals surface area contributed by atoms with Gasteiger partial charge in [-0.05, 0) is 34.5 Å². The molecule has 1 aromatic carbocycles. The number of amides is 1. The highest BCUT2D eigenvalue weighted by atomic mass is 79.9. The van der Waals surface area contributed by atoms with Crippen LogP contribution < -0.4 is 5.32 Å². The van der Waals surface area contributed by atoms with Gasteiger partial charge in [0, 0.05) is 11.1 Å². The van der Waals surface area contributed by atoms with Crippen LogP contribution in [0.4, 0.5) is 4.39 Å². The van der Waals surface area contributed by atoms with E-state index < -0.39 is 11.7 Å². The summed E-state index contributed by atoms with van der Waals surface area (Å²) in [5.74, 6) is -0.925. The fourth-order valence-electron chi connectivity index (χ4n) is 1.62. The molecule has 0 aliphatic carbocycles. The van der Waals surface area contributed by atoms with E-state index in [2.05, 4.69) is 21.2 Å². The lowest BCUT2D eigenvalue weighted by Gasteiger charge is -2.11. The van der Waals surface area contributed by atoms with Gasteiger partial charge in [0.15, 0.2) is 0 Å². The van der Waals surface area contributed by atoms with Crippen molar-refractivity contribution in [2.45, 2.75) is 12.5 Å². The van der Waals surface area contributed by atoms with E-state index in [0.29, 0.717) is 17.7 Å². The van der Waals surface area contributed by atoms with E-state index in [0.717, 1.165) is 6.42 Å². The molecule has 0 saturated carbocycles. The minimum atomic E-state index is -0.522. The summed E-state index contributed by atoms with van der Waals surface area (Å²) in [7, 11) is 0. The highest BCUT2D eigenvalue weighted by Crippen LogP contribution is 2.19. The van der Waals surface area contributed by atoms with Crippen molar-refractivity contribution < 1.29 is 13.9 Å². The maximum Gasteiger partial charge on any atom is 0.255 e. The topological polar surface area (TPSA) is 38.3 Å². The van der Waals surface area contributed by atoms with Crippen LogP contribution in [0.5, 0.6) is 0 Å². The van der Waals surface area contributed by atoms with Gasteiger partial charge < -0.3 is 10.1 Å². The average Bonchev–Trinajstić information content (AvgIpc) is 2.70. The molecule has 0 spiro atoms. The van der Waals surface area contributed by atoms with Gasteiger partial charge in [-0.3, -0.25) is 4.79 Å². The average molecular weight is 288 g/mol. The highest BCUT2D eigenvalue weighted by Gasteiger charge is 2.21. The molecule has 1 atom stereocenters. The molecule has 86 valence electrons. The molecule has 1 saturated heterocycles. The number of nitrogens with one attached hydrogen (secondary N) is 1. The Morgan fingerprint density at radius 1 is 1.56 bits per heavy atom. The Bertz CT molecular complexity index is 385. The zero-order chi connectivity index (χ0) is 11.5. The summed E-state index contributed by atoms with van der Waals surface area (Å²) in [5, 5.41) is 2.74. The van der Waals surface area contributed by atoms with Gasteiger partial charge in [0.25, 0.3) is 5.91 Å². The Kier molecular flexibility index (Phi) is 3.56. The predicted molar refractivity (Wildman–Crippen MR) is 60.8 cm³/mol. The van der Waals surface area contributed by atoms with Crippen LogP contribution in [0, 0.1) is 5.82 Å². The lowest BCUT2D eigenvalue weighted by molar-refractivity contribution is 0.0925. The summed E-state index contributed by atoms with van der Waals surface area (Å²) in [6.45, 7) is 1.14. The van der Waals surface area contributed by atoms with Crippen molar-refractivity contribution in [2.24, 2.45) is 0 Å². The summed E-state index contributed by atoms with van der Waals surface area (Å²) < 4.78 is 19.0. The summed E-state index contributed by atoms with van der Waals surface area (Å²) >= 11 is 3.17. The molecule has 1 heterocycles. The molecule has 2 rings (SSSR count). The summed E-state index contributed by atoms with van der Waals surface area (Å²) in [6.07, 6.45) is 0.776. The van der Waals surface area contributed by atoms with Crippen molar-refractivity contribution in [1.82, 2.24) is 5.32 Å². The van der Waals surface area contributed by atoms with Gasteiger partial charge in [0.05, 0.1) is 18.2 Å². The SMILES string of the molecule is O=C(NC1CCOC1)c1c(F)cccc1Br. The maximum atomic E-state index is 13.5. The van der Waals surface area contributed by atoms with Gasteiger partial charge in [-0.25, -0.2) is 4.39 Å². The monoisotopic (exact) mass is 287 g/mol. The molecule has 3 nitrogen and oxygen atoms in total. The number of benzene rings is 1. The van der Waals surface area contributed by atoms with Gasteiger partial charge in [0.1, 0.15) is 5.82 Å². The third-order valence-electron chi connectivity index (χ3n) is 2.45. The third kappa shape index (κ3) is 2.41. The van der Waals surface area contributed by atoms with Crippen molar-refractivity contribution >= 4 is 21.8 Å². The lowest BCUT2D eigenvalue weighted by atomic mass is 10.1. The highest BCUT2D eigenvalue weighted by molar-refractivity contribution is 9.10. The normalized spacial score (nSPS) is 19.8. The van der Waals surface area contributed by atoms with E-state index >= 15 is 0 Å². The Morgan fingerprint density at radius 3 is 3.00 bits per heavy atom. The Morgan fingerprint density at radius 2 is 2.38 bits per heavy atom. The van der Waals surface area contributed by atoms with Gasteiger partial charge in [-0.15, -0.1) is 0 Å². The molecule has 1 N–H and O–H groups in total. The van der Waals surface area contributed by atoms with Gasteiger partial charge in [0.2, 0.25) is 0 Å². The molecule has 16 heavy (non-hydrogen) atoms. The van der Waals surface area contributed by atoms with Crippen molar-refractivity contribution in [1.29, 1.82) is 0 Å². The molecule has 1 amide bonds. The molecule has 1 aromatic rings. The second-order valence-corrected chi connectivity index (χ2v) is 4.48. The Balaban J connectivity index is 2.13. The predicted octanol–water partition coefficient (Wildman–Crippen LogP) is 2.11. The smallest absolute Gasteiger partial charge is 0.255 e. The van der Waals surface area contributed by atoms with Gasteiger partial charge in [-0.2, -0.15) is 0 Å². The van der Waals surface area contributed by atoms with Crippen LogP contribution in [0.3, 0.4) is 0 Å². The number of hydrogen-bond acceptors (Lipinski definition) is 2. The van der Waals surface area contributed by atoms with Gasteiger partial charge in [-0.1, -0.05) is 6.07 Å². The first kappa shape index (κ1) is 11.5. The quantitative estimate of drug-likeness (QED) is 0.905. The largest absolute Gasteiger partial charge is 0.379 e. The molecule has 0 aromatic heterocycles. The molecular weight excluding hydrogens is 277 g/mol. The summed E-state index contributed by atoms with van der Waals surface area (Å²) in [6, 6.07) is 4.45. The molecule has 1 unspecified atom stereocenters. The minimum absolute atomic E-state index is 0.0148. The number of rotatable bonds is 2. The van der Waals surface area contributed by atoms with Crippen molar-refractivity contribution in [3.05, 3.63) is 34.1 Å². The molecule has 1 aliphatic rings. The van der Waals surface area contributed by atoms with E-state index in [-0.39, 0.29) is 11.6 Å². The fourth-order valence-corrected chi connectivity index (χ4v) is 2.14. The first-order chi connectivity index (χ1) is 7.68. The summed E-state index contributed by atoms with van der Waals surface area (Å²) in [5.41, 5.74) is 0.0504. The van der Waals surface area contributed by atoms with Crippen LogP contribution in [-0.4, -0.2) is 25.2 Å². The van der Waals surface area contributed by atoms with E-state index in [9.17, 15) is 9.18 Å². The van der Waals surface area contributed by atoms with Crippen LogP contribution in [0.1, 0.15) is 16.8 Å². The Hall–Kier alpha value is -0.940. The van der Waals surface area contributed by atoms with Crippen LogP contribution in [0.15, 0.2) is 22.7 Å². The molecule has 5 heteroatoms. The van der Waals surface area contributed by atoms with Crippen LogP contribution in [-0.2, 0) is 4.74 Å². The molecule has 1 fully saturated rings. The number of carbonyl (C=O) groups excluding carboxylic acids is 1. The van der Waals surface area contributed by atoms with E-state index in [1.54, 1.807) is 12.1 Å². The van der Waals surface area contributed by atoms with Gasteiger partial charge >= 0.3 is 0 Å². The van der Waals surface area contributed by atoms with Crippen LogP contribution in [0.2, 0.25) is 0 Å². The van der Waals surface area contributed by atoms with E-state index in [1.165, 1.54) is 6.07 Å². The third-order valence-corrected chi connectivity index (χ3v) is 3.12. The number of ether oxygens (including phenoxy) is 1. The number of carbonyl (C=O) groups is 1. The van der Waals surface area contributed by atoms with Crippen LogP contribution in [0.25, 0.3) is 0 Å². The van der Waals surface area contributed by atoms with Crippen molar-refractivity contribution in [3.63, 3.8) is 0 Å².